The molecule has 1 unspecified atom stereocenters. The molecule has 132 valence electrons. The van der Waals surface area contributed by atoms with Crippen molar-refractivity contribution in [3.63, 3.8) is 0 Å². The first-order valence-corrected chi connectivity index (χ1v) is 9.48. The fourth-order valence-electron chi connectivity index (χ4n) is 2.16. The molecule has 0 saturated carbocycles. The van der Waals surface area contributed by atoms with E-state index in [1.165, 1.54) is 0 Å². The highest BCUT2D eigenvalue weighted by Gasteiger charge is 2.27. The Labute approximate surface area is 151 Å². The summed E-state index contributed by atoms with van der Waals surface area (Å²) in [6, 6.07) is 0. The van der Waals surface area contributed by atoms with Crippen molar-refractivity contribution in [3.05, 3.63) is 0 Å². The van der Waals surface area contributed by atoms with Gasteiger partial charge in [0.05, 0.1) is 18.1 Å². The second kappa shape index (κ2) is 11.4. The molecule has 2 N–H and O–H groups in total. The number of nitrogens with zero attached hydrogens (tertiary/aromatic N) is 1. The summed E-state index contributed by atoms with van der Waals surface area (Å²) in [5.74, 6) is 2.15. The fraction of sp³-hybridized carbons (Fsp3) is 0.929. The molecule has 0 aromatic carbocycles. The van der Waals surface area contributed by atoms with Crippen LogP contribution in [0.4, 0.5) is 0 Å². The lowest BCUT2D eigenvalue weighted by Crippen LogP contribution is -2.41. The van der Waals surface area contributed by atoms with Gasteiger partial charge >= 0.3 is 0 Å². The predicted molar refractivity (Wildman–Crippen MR) is 102 cm³/mol. The monoisotopic (exact) mass is 447 g/mol. The van der Waals surface area contributed by atoms with Crippen LogP contribution >= 0.6 is 24.0 Å². The maximum Gasteiger partial charge on any atom is 0.191 e. The van der Waals surface area contributed by atoms with Gasteiger partial charge in [0, 0.05) is 26.7 Å². The van der Waals surface area contributed by atoms with Crippen molar-refractivity contribution in [1.82, 2.24) is 10.6 Å². The number of nitrogens with one attached hydrogen (secondary N) is 2. The normalized spacial score (nSPS) is 20.7. The molecular weight excluding hydrogens is 417 g/mol. The highest BCUT2D eigenvalue weighted by molar-refractivity contribution is 14.0. The molecule has 0 aliphatic carbocycles. The van der Waals surface area contributed by atoms with E-state index in [0.29, 0.717) is 37.3 Å². The van der Waals surface area contributed by atoms with Crippen molar-refractivity contribution in [2.24, 2.45) is 16.8 Å². The van der Waals surface area contributed by atoms with Crippen LogP contribution in [0, 0.1) is 11.8 Å². The van der Waals surface area contributed by atoms with E-state index in [-0.39, 0.29) is 35.6 Å². The van der Waals surface area contributed by atoms with Crippen LogP contribution in [0.1, 0.15) is 26.7 Å². The van der Waals surface area contributed by atoms with E-state index >= 15 is 0 Å². The number of hydrogen-bond donors (Lipinski definition) is 2. The van der Waals surface area contributed by atoms with E-state index in [2.05, 4.69) is 29.5 Å². The van der Waals surface area contributed by atoms with Gasteiger partial charge in [0.25, 0.3) is 0 Å². The summed E-state index contributed by atoms with van der Waals surface area (Å²) < 4.78 is 28.3. The minimum absolute atomic E-state index is 0. The SMILES string of the molecule is CN=C(NCCOCCC(C)C)NCC1CCS(=O)(=O)C1.I. The van der Waals surface area contributed by atoms with E-state index in [9.17, 15) is 8.42 Å². The predicted octanol–water partition coefficient (Wildman–Crippen LogP) is 1.27. The molecule has 1 rings (SSSR count). The van der Waals surface area contributed by atoms with Crippen LogP contribution in [0.3, 0.4) is 0 Å². The number of halogens is 1. The minimum Gasteiger partial charge on any atom is -0.380 e. The van der Waals surface area contributed by atoms with Crippen molar-refractivity contribution in [1.29, 1.82) is 0 Å². The van der Waals surface area contributed by atoms with Gasteiger partial charge in [-0.1, -0.05) is 13.8 Å². The van der Waals surface area contributed by atoms with Gasteiger partial charge in [-0.3, -0.25) is 4.99 Å². The molecule has 0 aromatic rings. The van der Waals surface area contributed by atoms with Crippen LogP contribution in [0.2, 0.25) is 0 Å². The smallest absolute Gasteiger partial charge is 0.191 e. The van der Waals surface area contributed by atoms with Crippen molar-refractivity contribution in [2.75, 3.05) is 44.9 Å². The number of guanidine groups is 1. The number of aliphatic imine (C=N–C) groups is 1. The highest BCUT2D eigenvalue weighted by atomic mass is 127. The van der Waals surface area contributed by atoms with Gasteiger partial charge in [-0.25, -0.2) is 8.42 Å². The molecule has 1 heterocycles. The molecule has 1 fully saturated rings. The first-order chi connectivity index (χ1) is 9.93. The summed E-state index contributed by atoms with van der Waals surface area (Å²) in [4.78, 5) is 4.12. The number of ether oxygens (including phenoxy) is 1. The van der Waals surface area contributed by atoms with Gasteiger partial charge in [-0.05, 0) is 24.7 Å². The van der Waals surface area contributed by atoms with Crippen LogP contribution in [-0.4, -0.2) is 59.2 Å². The minimum atomic E-state index is -2.80. The number of sulfone groups is 1. The lowest BCUT2D eigenvalue weighted by Gasteiger charge is -2.14. The fourth-order valence-corrected chi connectivity index (χ4v) is 4.02. The number of hydrogen-bond acceptors (Lipinski definition) is 4. The van der Waals surface area contributed by atoms with E-state index in [4.69, 9.17) is 4.74 Å². The van der Waals surface area contributed by atoms with Crippen LogP contribution < -0.4 is 10.6 Å². The molecule has 1 saturated heterocycles. The average molecular weight is 447 g/mol. The van der Waals surface area contributed by atoms with Gasteiger partial charge in [-0.2, -0.15) is 0 Å². The Kier molecular flexibility index (Phi) is 11.4. The Hall–Kier alpha value is -0.0900. The second-order valence-corrected chi connectivity index (χ2v) is 8.17. The number of rotatable bonds is 8. The first kappa shape index (κ1) is 21.9. The molecule has 0 amide bonds. The summed E-state index contributed by atoms with van der Waals surface area (Å²) >= 11 is 0. The molecule has 1 atom stereocenters. The second-order valence-electron chi connectivity index (χ2n) is 5.94. The molecule has 8 heteroatoms. The average Bonchev–Trinajstić information content (AvgIpc) is 2.76. The van der Waals surface area contributed by atoms with E-state index in [1.54, 1.807) is 7.05 Å². The maximum atomic E-state index is 11.4. The topological polar surface area (TPSA) is 79.8 Å². The molecule has 0 spiro atoms. The first-order valence-electron chi connectivity index (χ1n) is 7.65. The third-order valence-corrected chi connectivity index (χ3v) is 5.32. The van der Waals surface area contributed by atoms with E-state index < -0.39 is 9.84 Å². The zero-order valence-corrected chi connectivity index (χ0v) is 16.9. The van der Waals surface area contributed by atoms with Gasteiger partial charge in [0.15, 0.2) is 15.8 Å². The molecule has 1 aliphatic rings. The quantitative estimate of drug-likeness (QED) is 0.254. The third-order valence-electron chi connectivity index (χ3n) is 3.49. The summed E-state index contributed by atoms with van der Waals surface area (Å²) in [5.41, 5.74) is 0. The van der Waals surface area contributed by atoms with E-state index in [0.717, 1.165) is 19.4 Å². The van der Waals surface area contributed by atoms with Gasteiger partial charge in [-0.15, -0.1) is 24.0 Å². The third kappa shape index (κ3) is 9.83. The van der Waals surface area contributed by atoms with Gasteiger partial charge in [0.2, 0.25) is 0 Å². The zero-order valence-electron chi connectivity index (χ0n) is 13.8. The Morgan fingerprint density at radius 2 is 2.05 bits per heavy atom. The Bertz CT molecular complexity index is 427. The molecule has 1 aliphatic heterocycles. The molecule has 6 nitrogen and oxygen atoms in total. The zero-order chi connectivity index (χ0) is 15.7. The molecular formula is C14H30IN3O3S. The van der Waals surface area contributed by atoms with Crippen LogP contribution in [0.5, 0.6) is 0 Å². The largest absolute Gasteiger partial charge is 0.380 e. The van der Waals surface area contributed by atoms with Gasteiger partial charge < -0.3 is 15.4 Å². The van der Waals surface area contributed by atoms with Crippen molar-refractivity contribution in [3.8, 4) is 0 Å². The summed E-state index contributed by atoms with van der Waals surface area (Å²) in [6.07, 6.45) is 1.81. The van der Waals surface area contributed by atoms with Crippen molar-refractivity contribution < 1.29 is 13.2 Å². The summed E-state index contributed by atoms with van der Waals surface area (Å²) in [6.45, 7) is 7.12. The van der Waals surface area contributed by atoms with Crippen molar-refractivity contribution in [2.45, 2.75) is 26.7 Å². The van der Waals surface area contributed by atoms with Crippen molar-refractivity contribution >= 4 is 39.8 Å². The Morgan fingerprint density at radius 3 is 2.59 bits per heavy atom. The van der Waals surface area contributed by atoms with E-state index in [1.807, 2.05) is 0 Å². The summed E-state index contributed by atoms with van der Waals surface area (Å²) in [5, 5.41) is 6.34. The maximum absolute atomic E-state index is 11.4. The van der Waals surface area contributed by atoms with Crippen LogP contribution in [0.15, 0.2) is 4.99 Å². The Morgan fingerprint density at radius 1 is 1.32 bits per heavy atom. The standard InChI is InChI=1S/C14H29N3O3S.HI/c1-12(2)4-7-20-8-6-16-14(15-3)17-10-13-5-9-21(18,19)11-13;/h12-13H,4-11H2,1-3H3,(H2,15,16,17);1H. The van der Waals surface area contributed by atoms with Crippen LogP contribution in [-0.2, 0) is 14.6 Å². The lowest BCUT2D eigenvalue weighted by atomic mass is 10.1. The molecule has 0 aromatic heterocycles. The van der Waals surface area contributed by atoms with Crippen LogP contribution in [0.25, 0.3) is 0 Å². The van der Waals surface area contributed by atoms with Gasteiger partial charge in [0.1, 0.15) is 0 Å². The Balaban J connectivity index is 0.00000441. The summed E-state index contributed by atoms with van der Waals surface area (Å²) in [7, 11) is -1.10. The lowest BCUT2D eigenvalue weighted by molar-refractivity contribution is 0.128. The molecule has 0 radical (unpaired) electrons. The highest BCUT2D eigenvalue weighted by Crippen LogP contribution is 2.17. The molecule has 0 bridgehead atoms. The molecule has 22 heavy (non-hydrogen) atoms.